The van der Waals surface area contributed by atoms with Crippen LogP contribution in [0.5, 0.6) is 0 Å². The molecule has 23 heavy (non-hydrogen) atoms. The van der Waals surface area contributed by atoms with Gasteiger partial charge in [-0.1, -0.05) is 6.07 Å². The van der Waals surface area contributed by atoms with E-state index in [1.807, 2.05) is 29.8 Å². The summed E-state index contributed by atoms with van der Waals surface area (Å²) in [5.74, 6) is -0.830. The number of nitrogens with one attached hydrogen (secondary N) is 2. The summed E-state index contributed by atoms with van der Waals surface area (Å²) >= 11 is 1.36. The summed E-state index contributed by atoms with van der Waals surface area (Å²) in [5.41, 5.74) is 0.613. The molecular formula is C17H14N2O3S. The van der Waals surface area contributed by atoms with Gasteiger partial charge < -0.3 is 15.0 Å². The van der Waals surface area contributed by atoms with Gasteiger partial charge in [0, 0.05) is 27.5 Å². The van der Waals surface area contributed by atoms with E-state index in [4.69, 9.17) is 4.74 Å². The van der Waals surface area contributed by atoms with E-state index >= 15 is 0 Å². The Balaban J connectivity index is 1.95. The van der Waals surface area contributed by atoms with Gasteiger partial charge in [-0.05, 0) is 36.6 Å². The molecule has 0 amide bonds. The van der Waals surface area contributed by atoms with Crippen molar-refractivity contribution >= 4 is 39.7 Å². The summed E-state index contributed by atoms with van der Waals surface area (Å²) in [6.45, 7) is 1.95. The Morgan fingerprint density at radius 1 is 1.30 bits per heavy atom. The predicted octanol–water partition coefficient (Wildman–Crippen LogP) is 3.30. The van der Waals surface area contributed by atoms with Crippen molar-refractivity contribution in [1.29, 1.82) is 0 Å². The molecular weight excluding hydrogens is 312 g/mol. The topological polar surface area (TPSA) is 71.2 Å². The summed E-state index contributed by atoms with van der Waals surface area (Å²) < 4.78 is 5.22. The van der Waals surface area contributed by atoms with Crippen LogP contribution in [0.4, 0.5) is 5.69 Å². The van der Waals surface area contributed by atoms with E-state index in [2.05, 4.69) is 10.3 Å². The number of carbonyl (C=O) groups is 2. The molecule has 2 N–H and O–H groups in total. The Morgan fingerprint density at radius 2 is 2.17 bits per heavy atom. The summed E-state index contributed by atoms with van der Waals surface area (Å²) in [7, 11) is 0. The highest BCUT2D eigenvalue weighted by atomic mass is 32.1. The standard InChI is InChI=1S/C17H14N2O3S/c1-2-22-16(21)17(13-4-3-9-23-13)15(20)11-5-6-12-10(7-8-18-12)14(11)19-17/h3-9,18-19H,2H2,1H3/t17-/m1/s1. The van der Waals surface area contributed by atoms with E-state index in [-0.39, 0.29) is 12.4 Å². The average molecular weight is 326 g/mol. The zero-order valence-electron chi connectivity index (χ0n) is 12.4. The molecule has 0 fully saturated rings. The van der Waals surface area contributed by atoms with Gasteiger partial charge in [0.15, 0.2) is 0 Å². The molecule has 0 radical (unpaired) electrons. The van der Waals surface area contributed by atoms with E-state index in [0.29, 0.717) is 16.1 Å². The number of aromatic amines is 1. The maximum Gasteiger partial charge on any atom is 0.345 e. The second-order valence-electron chi connectivity index (χ2n) is 5.33. The number of rotatable bonds is 3. The van der Waals surface area contributed by atoms with Crippen LogP contribution in [0.2, 0.25) is 0 Å². The highest BCUT2D eigenvalue weighted by Crippen LogP contribution is 2.44. The van der Waals surface area contributed by atoms with E-state index in [9.17, 15) is 9.59 Å². The average Bonchev–Trinajstić information content (AvgIpc) is 3.26. The number of esters is 1. The van der Waals surface area contributed by atoms with Crippen LogP contribution in [-0.4, -0.2) is 23.3 Å². The fourth-order valence-electron chi connectivity index (χ4n) is 3.05. The Hall–Kier alpha value is -2.60. The molecule has 0 bridgehead atoms. The first kappa shape index (κ1) is 14.0. The molecule has 1 aliphatic heterocycles. The number of anilines is 1. The van der Waals surface area contributed by atoms with Crippen molar-refractivity contribution in [2.24, 2.45) is 0 Å². The molecule has 4 rings (SSSR count). The molecule has 0 saturated heterocycles. The second kappa shape index (κ2) is 4.96. The minimum absolute atomic E-state index is 0.219. The third kappa shape index (κ3) is 1.78. The number of aromatic nitrogens is 1. The molecule has 1 atom stereocenters. The van der Waals surface area contributed by atoms with Crippen molar-refractivity contribution in [2.45, 2.75) is 12.5 Å². The molecule has 1 aliphatic rings. The van der Waals surface area contributed by atoms with Gasteiger partial charge in [0.05, 0.1) is 12.3 Å². The molecule has 0 unspecified atom stereocenters. The molecule has 116 valence electrons. The summed E-state index contributed by atoms with van der Waals surface area (Å²) in [6.07, 6.45) is 1.81. The van der Waals surface area contributed by atoms with Crippen LogP contribution in [0.15, 0.2) is 41.9 Å². The van der Waals surface area contributed by atoms with Crippen LogP contribution in [0.3, 0.4) is 0 Å². The van der Waals surface area contributed by atoms with Crippen molar-refractivity contribution in [3.63, 3.8) is 0 Å². The quantitative estimate of drug-likeness (QED) is 0.572. The molecule has 1 aromatic carbocycles. The number of hydrogen-bond acceptors (Lipinski definition) is 5. The smallest absolute Gasteiger partial charge is 0.345 e. The van der Waals surface area contributed by atoms with Crippen LogP contribution in [0, 0.1) is 0 Å². The molecule has 0 spiro atoms. The maximum absolute atomic E-state index is 13.1. The van der Waals surface area contributed by atoms with Crippen LogP contribution in [0.25, 0.3) is 10.9 Å². The van der Waals surface area contributed by atoms with Crippen molar-refractivity contribution in [3.05, 3.63) is 52.3 Å². The highest BCUT2D eigenvalue weighted by molar-refractivity contribution is 7.10. The van der Waals surface area contributed by atoms with Gasteiger partial charge in [-0.2, -0.15) is 0 Å². The minimum Gasteiger partial charge on any atom is -0.464 e. The van der Waals surface area contributed by atoms with Crippen LogP contribution in [-0.2, 0) is 15.1 Å². The van der Waals surface area contributed by atoms with Gasteiger partial charge in [0.25, 0.3) is 0 Å². The van der Waals surface area contributed by atoms with Crippen molar-refractivity contribution in [2.75, 3.05) is 11.9 Å². The molecule has 2 aromatic heterocycles. The third-order valence-corrected chi connectivity index (χ3v) is 5.09. The normalized spacial score (nSPS) is 19.6. The van der Waals surface area contributed by atoms with Gasteiger partial charge in [0.2, 0.25) is 11.3 Å². The predicted molar refractivity (Wildman–Crippen MR) is 88.9 cm³/mol. The molecule has 0 saturated carbocycles. The number of ether oxygens (including phenoxy) is 1. The fourth-order valence-corrected chi connectivity index (χ4v) is 3.92. The Labute approximate surface area is 136 Å². The molecule has 5 nitrogen and oxygen atoms in total. The lowest BCUT2D eigenvalue weighted by atomic mass is 9.91. The van der Waals surface area contributed by atoms with Gasteiger partial charge in [-0.15, -0.1) is 11.3 Å². The number of ketones is 1. The van der Waals surface area contributed by atoms with Gasteiger partial charge in [-0.3, -0.25) is 4.79 Å². The Kier molecular flexibility index (Phi) is 3.02. The highest BCUT2D eigenvalue weighted by Gasteiger charge is 2.55. The van der Waals surface area contributed by atoms with Crippen LogP contribution >= 0.6 is 11.3 Å². The largest absolute Gasteiger partial charge is 0.464 e. The van der Waals surface area contributed by atoms with Crippen molar-refractivity contribution < 1.29 is 14.3 Å². The lowest BCUT2D eigenvalue weighted by Gasteiger charge is -2.24. The Bertz CT molecular complexity index is 913. The van der Waals surface area contributed by atoms with E-state index in [1.54, 1.807) is 19.1 Å². The third-order valence-electron chi connectivity index (χ3n) is 4.10. The number of thiophene rings is 1. The lowest BCUT2D eigenvalue weighted by molar-refractivity contribution is -0.146. The monoisotopic (exact) mass is 326 g/mol. The number of benzene rings is 1. The van der Waals surface area contributed by atoms with Gasteiger partial charge in [0.1, 0.15) is 0 Å². The van der Waals surface area contributed by atoms with Crippen LogP contribution in [0.1, 0.15) is 22.2 Å². The molecule has 3 heterocycles. The summed E-state index contributed by atoms with van der Waals surface area (Å²) in [5, 5.41) is 5.92. The number of H-pyrrole nitrogens is 1. The SMILES string of the molecule is CCOC(=O)[C@]1(c2cccs2)Nc2c(ccc3[nH]ccc23)C1=O. The van der Waals surface area contributed by atoms with Gasteiger partial charge >= 0.3 is 5.97 Å². The molecule has 0 aliphatic carbocycles. The zero-order valence-corrected chi connectivity index (χ0v) is 13.2. The van der Waals surface area contributed by atoms with Crippen molar-refractivity contribution in [1.82, 2.24) is 4.98 Å². The van der Waals surface area contributed by atoms with E-state index in [1.165, 1.54) is 11.3 Å². The molecule has 3 aromatic rings. The second-order valence-corrected chi connectivity index (χ2v) is 6.28. The fraction of sp³-hybridized carbons (Fsp3) is 0.176. The van der Waals surface area contributed by atoms with Crippen molar-refractivity contribution in [3.8, 4) is 0 Å². The minimum atomic E-state index is -1.49. The number of fused-ring (bicyclic) bond motifs is 3. The lowest BCUT2D eigenvalue weighted by Crippen LogP contribution is -2.47. The first-order chi connectivity index (χ1) is 11.2. The summed E-state index contributed by atoms with van der Waals surface area (Å²) in [6, 6.07) is 9.10. The van der Waals surface area contributed by atoms with Crippen LogP contribution < -0.4 is 5.32 Å². The number of hydrogen-bond donors (Lipinski definition) is 2. The maximum atomic E-state index is 13.1. The van der Waals surface area contributed by atoms with E-state index in [0.717, 1.165) is 10.9 Å². The first-order valence-corrected chi connectivity index (χ1v) is 8.20. The number of Topliss-reactive ketones (excluding diaryl/α,β-unsaturated/α-hetero) is 1. The van der Waals surface area contributed by atoms with E-state index < -0.39 is 11.5 Å². The first-order valence-electron chi connectivity index (χ1n) is 7.32. The number of carbonyl (C=O) groups excluding carboxylic acids is 2. The molecule has 6 heteroatoms. The summed E-state index contributed by atoms with van der Waals surface area (Å²) in [4.78, 5) is 29.6. The Morgan fingerprint density at radius 3 is 2.91 bits per heavy atom. The zero-order chi connectivity index (χ0) is 16.0. The van der Waals surface area contributed by atoms with Gasteiger partial charge in [-0.25, -0.2) is 4.79 Å².